The van der Waals surface area contributed by atoms with Crippen molar-refractivity contribution in [1.82, 2.24) is 0 Å². The zero-order valence-electron chi connectivity index (χ0n) is 27.6. The van der Waals surface area contributed by atoms with E-state index in [0.29, 0.717) is 58.8 Å². The van der Waals surface area contributed by atoms with Gasteiger partial charge in [-0.2, -0.15) is 0 Å². The summed E-state index contributed by atoms with van der Waals surface area (Å²) in [6, 6.07) is 27.7. The minimum absolute atomic E-state index is 0.0113. The number of carbonyl (C=O) groups is 2. The summed E-state index contributed by atoms with van der Waals surface area (Å²) >= 11 is 0. The summed E-state index contributed by atoms with van der Waals surface area (Å²) < 4.78 is 44.6. The summed E-state index contributed by atoms with van der Waals surface area (Å²) in [6.07, 6.45) is 2.91. The third kappa shape index (κ3) is 11.0. The van der Waals surface area contributed by atoms with Gasteiger partial charge in [0.05, 0.1) is 36.5 Å². The molecule has 0 radical (unpaired) electrons. The Morgan fingerprint density at radius 3 is 1.22 bits per heavy atom. The van der Waals surface area contributed by atoms with Crippen molar-refractivity contribution < 1.29 is 47.5 Å². The van der Waals surface area contributed by atoms with Crippen LogP contribution in [0.5, 0.6) is 34.5 Å². The van der Waals surface area contributed by atoms with Gasteiger partial charge in [-0.1, -0.05) is 0 Å². The first-order valence-electron chi connectivity index (χ1n) is 16.5. The molecule has 0 amide bonds. The summed E-state index contributed by atoms with van der Waals surface area (Å²) in [5.41, 5.74) is 0.869. The molecule has 0 aliphatic carbocycles. The molecule has 0 bridgehead atoms. The lowest BCUT2D eigenvalue weighted by Crippen LogP contribution is -2.15. The van der Waals surface area contributed by atoms with Crippen molar-refractivity contribution in [2.45, 2.75) is 57.5 Å². The number of esters is 2. The Balaban J connectivity index is 0.859. The van der Waals surface area contributed by atoms with E-state index in [1.165, 1.54) is 0 Å². The molecule has 4 atom stereocenters. The van der Waals surface area contributed by atoms with Gasteiger partial charge in [-0.15, -0.1) is 0 Å². The predicted molar refractivity (Wildman–Crippen MR) is 180 cm³/mol. The number of ether oxygens (including phenoxy) is 8. The van der Waals surface area contributed by atoms with Crippen LogP contribution in [0.1, 0.15) is 53.8 Å². The monoisotopic (exact) mass is 668 g/mol. The van der Waals surface area contributed by atoms with Crippen molar-refractivity contribution in [2.24, 2.45) is 0 Å². The number of hydrogen-bond donors (Lipinski definition) is 0. The summed E-state index contributed by atoms with van der Waals surface area (Å²) in [7, 11) is 0. The van der Waals surface area contributed by atoms with Crippen LogP contribution in [0.15, 0.2) is 97.1 Å². The SMILES string of the molecule is CC(CCCC(C)Oc1ccc(OC(=O)c2ccc(OCC3CO3)cc2)cc1)Oc1ccc(OC(=O)c2ccc(OCC3CO3)cc2)cc1. The zero-order valence-corrected chi connectivity index (χ0v) is 27.6. The van der Waals surface area contributed by atoms with Crippen molar-refractivity contribution >= 4 is 11.9 Å². The van der Waals surface area contributed by atoms with Gasteiger partial charge < -0.3 is 37.9 Å². The van der Waals surface area contributed by atoms with Gasteiger partial charge in [0.1, 0.15) is 59.9 Å². The first-order valence-corrected chi connectivity index (χ1v) is 16.5. The topological polar surface area (TPSA) is 115 Å². The first-order chi connectivity index (χ1) is 23.9. The number of epoxide rings is 2. The maximum Gasteiger partial charge on any atom is 0.343 e. The van der Waals surface area contributed by atoms with Gasteiger partial charge >= 0.3 is 11.9 Å². The maximum absolute atomic E-state index is 12.5. The summed E-state index contributed by atoms with van der Waals surface area (Å²) in [5, 5.41) is 0. The van der Waals surface area contributed by atoms with Crippen LogP contribution in [-0.4, -0.2) is 62.8 Å². The molecule has 2 aliphatic heterocycles. The third-order valence-electron chi connectivity index (χ3n) is 7.82. The molecule has 2 saturated heterocycles. The molecule has 10 heteroatoms. The van der Waals surface area contributed by atoms with Crippen LogP contribution in [-0.2, 0) is 9.47 Å². The number of carbonyl (C=O) groups excluding carboxylic acids is 2. The highest BCUT2D eigenvalue weighted by Gasteiger charge is 2.24. The van der Waals surface area contributed by atoms with Gasteiger partial charge in [-0.3, -0.25) is 0 Å². The number of rotatable bonds is 18. The van der Waals surface area contributed by atoms with Crippen LogP contribution < -0.4 is 28.4 Å². The smallest absolute Gasteiger partial charge is 0.343 e. The van der Waals surface area contributed by atoms with E-state index in [1.54, 1.807) is 97.1 Å². The third-order valence-corrected chi connectivity index (χ3v) is 7.82. The molecule has 4 unspecified atom stereocenters. The molecule has 256 valence electrons. The summed E-state index contributed by atoms with van der Waals surface area (Å²) in [6.45, 7) is 6.53. The maximum atomic E-state index is 12.5. The van der Waals surface area contributed by atoms with E-state index in [-0.39, 0.29) is 24.4 Å². The summed E-state index contributed by atoms with van der Waals surface area (Å²) in [5.74, 6) is 2.74. The van der Waals surface area contributed by atoms with Crippen molar-refractivity contribution in [2.75, 3.05) is 26.4 Å². The average Bonchev–Trinajstić information content (AvgIpc) is 4.05. The Kier molecular flexibility index (Phi) is 11.3. The van der Waals surface area contributed by atoms with E-state index >= 15 is 0 Å². The minimum Gasteiger partial charge on any atom is -0.491 e. The lowest BCUT2D eigenvalue weighted by atomic mass is 10.1. The molecule has 2 fully saturated rings. The van der Waals surface area contributed by atoms with Crippen LogP contribution in [0.25, 0.3) is 0 Å². The molecule has 49 heavy (non-hydrogen) atoms. The Morgan fingerprint density at radius 1 is 0.551 bits per heavy atom. The highest BCUT2D eigenvalue weighted by molar-refractivity contribution is 5.91. The second-order valence-electron chi connectivity index (χ2n) is 12.1. The molecule has 0 aromatic heterocycles. The normalized spacial score (nSPS) is 17.3. The van der Waals surface area contributed by atoms with Crippen LogP contribution in [0.2, 0.25) is 0 Å². The van der Waals surface area contributed by atoms with Crippen molar-refractivity contribution in [1.29, 1.82) is 0 Å². The Labute approximate surface area is 285 Å². The standard InChI is InChI=1S/C39H40O10/c1-26(46-32-14-18-34(19-15-32)48-38(40)28-6-10-30(11-7-28)42-22-36-24-44-36)4-3-5-27(2)47-33-16-20-35(21-17-33)49-39(41)29-8-12-31(13-9-29)43-23-37-25-45-37/h6-21,26-27,36-37H,3-5,22-25H2,1-2H3. The first kappa shape index (κ1) is 33.8. The lowest BCUT2D eigenvalue weighted by Gasteiger charge is -2.18. The molecule has 0 saturated carbocycles. The molecule has 6 rings (SSSR count). The van der Waals surface area contributed by atoms with Crippen LogP contribution >= 0.6 is 0 Å². The summed E-state index contributed by atoms with van der Waals surface area (Å²) in [4.78, 5) is 25.1. The molecular weight excluding hydrogens is 628 g/mol. The van der Waals surface area contributed by atoms with E-state index in [1.807, 2.05) is 13.8 Å². The van der Waals surface area contributed by atoms with Crippen LogP contribution in [0.4, 0.5) is 0 Å². The van der Waals surface area contributed by atoms with Gasteiger partial charge in [0.25, 0.3) is 0 Å². The second kappa shape index (κ2) is 16.4. The van der Waals surface area contributed by atoms with Crippen molar-refractivity contribution in [3.05, 3.63) is 108 Å². The van der Waals surface area contributed by atoms with Gasteiger partial charge in [0.2, 0.25) is 0 Å². The van der Waals surface area contributed by atoms with Crippen LogP contribution in [0, 0.1) is 0 Å². The van der Waals surface area contributed by atoms with E-state index in [0.717, 1.165) is 32.5 Å². The Bertz CT molecular complexity index is 1520. The molecule has 2 heterocycles. The molecule has 0 spiro atoms. The molecule has 4 aromatic carbocycles. The van der Waals surface area contributed by atoms with Crippen molar-refractivity contribution in [3.8, 4) is 34.5 Å². The second-order valence-corrected chi connectivity index (χ2v) is 12.1. The zero-order chi connectivity index (χ0) is 34.0. The van der Waals surface area contributed by atoms with Gasteiger partial charge in [-0.25, -0.2) is 9.59 Å². The van der Waals surface area contributed by atoms with E-state index in [9.17, 15) is 9.59 Å². The predicted octanol–water partition coefficient (Wildman–Crippen LogP) is 7.09. The van der Waals surface area contributed by atoms with Crippen LogP contribution in [0.3, 0.4) is 0 Å². The average molecular weight is 669 g/mol. The molecule has 4 aromatic rings. The minimum atomic E-state index is -0.446. The largest absolute Gasteiger partial charge is 0.491 e. The molecule has 10 nitrogen and oxygen atoms in total. The highest BCUT2D eigenvalue weighted by Crippen LogP contribution is 2.24. The fourth-order valence-corrected chi connectivity index (χ4v) is 4.86. The Morgan fingerprint density at radius 2 is 0.878 bits per heavy atom. The molecule has 2 aliphatic rings. The van der Waals surface area contributed by atoms with Gasteiger partial charge in [0, 0.05) is 0 Å². The quantitative estimate of drug-likeness (QED) is 0.0619. The van der Waals surface area contributed by atoms with Crippen molar-refractivity contribution in [3.63, 3.8) is 0 Å². The van der Waals surface area contributed by atoms with Gasteiger partial charge in [0.15, 0.2) is 0 Å². The van der Waals surface area contributed by atoms with Gasteiger partial charge in [-0.05, 0) is 130 Å². The van der Waals surface area contributed by atoms with E-state index < -0.39 is 11.9 Å². The Hall–Kier alpha value is -5.06. The fourth-order valence-electron chi connectivity index (χ4n) is 4.86. The number of hydrogen-bond acceptors (Lipinski definition) is 10. The molecular formula is C39H40O10. The number of benzene rings is 4. The fraction of sp³-hybridized carbons (Fsp3) is 0.333. The highest BCUT2D eigenvalue weighted by atomic mass is 16.6. The van der Waals surface area contributed by atoms with E-state index in [4.69, 9.17) is 37.9 Å². The van der Waals surface area contributed by atoms with E-state index in [2.05, 4.69) is 0 Å². The lowest BCUT2D eigenvalue weighted by molar-refractivity contribution is 0.0725. The molecule has 0 N–H and O–H groups in total.